The Labute approximate surface area is 117 Å². The molecule has 0 amide bonds. The normalized spacial score (nSPS) is 11.0. The van der Waals surface area contributed by atoms with E-state index in [0.29, 0.717) is 21.4 Å². The number of aromatic nitrogens is 1. The minimum Gasteiger partial charge on any atom is -0.618 e. The minimum atomic E-state index is -3.75. The van der Waals surface area contributed by atoms with Gasteiger partial charge in [0.2, 0.25) is 9.84 Å². The van der Waals surface area contributed by atoms with Crippen molar-refractivity contribution in [1.29, 1.82) is 5.26 Å². The van der Waals surface area contributed by atoms with Crippen LogP contribution in [0.25, 0.3) is 0 Å². The van der Waals surface area contributed by atoms with Crippen molar-refractivity contribution in [1.82, 2.24) is 0 Å². The van der Waals surface area contributed by atoms with Gasteiger partial charge in [0.05, 0.1) is 17.4 Å². The van der Waals surface area contributed by atoms with Crippen LogP contribution in [-0.2, 0) is 15.6 Å². The van der Waals surface area contributed by atoms with Gasteiger partial charge in [-0.05, 0) is 30.2 Å². The highest BCUT2D eigenvalue weighted by Crippen LogP contribution is 2.15. The Morgan fingerprint density at radius 3 is 2.75 bits per heavy atom. The molecule has 1 heterocycles. The molecule has 1 aromatic heterocycles. The third-order valence-corrected chi connectivity index (χ3v) is 4.42. The molecule has 102 valence electrons. The van der Waals surface area contributed by atoms with Gasteiger partial charge >= 0.3 is 5.03 Å². The molecule has 5 nitrogen and oxygen atoms in total. The number of hydrogen-bond acceptors (Lipinski definition) is 4. The standard InChI is InChI=1S/C14H12N2O3S/c1-11-5-6-16(17)14(7-11)20(18,19)10-13-4-2-3-12(8-13)9-15/h2-8H,10H2,1H3. The van der Waals surface area contributed by atoms with E-state index in [-0.39, 0.29) is 10.8 Å². The van der Waals surface area contributed by atoms with Crippen molar-refractivity contribution in [3.05, 3.63) is 64.5 Å². The number of sulfone groups is 1. The smallest absolute Gasteiger partial charge is 0.309 e. The minimum absolute atomic E-state index is 0.278. The predicted molar refractivity (Wildman–Crippen MR) is 72.2 cm³/mol. The first-order valence-corrected chi connectivity index (χ1v) is 7.49. The second-order valence-electron chi connectivity index (χ2n) is 4.44. The van der Waals surface area contributed by atoms with Crippen LogP contribution in [0, 0.1) is 23.5 Å². The Bertz CT molecular complexity index is 792. The predicted octanol–water partition coefficient (Wildman–Crippen LogP) is 1.47. The van der Waals surface area contributed by atoms with Gasteiger partial charge in [0, 0.05) is 12.1 Å². The molecule has 2 rings (SSSR count). The Morgan fingerprint density at radius 1 is 1.30 bits per heavy atom. The molecule has 0 spiro atoms. The van der Waals surface area contributed by atoms with Crippen molar-refractivity contribution in [3.63, 3.8) is 0 Å². The van der Waals surface area contributed by atoms with E-state index in [1.807, 2.05) is 6.07 Å². The first-order chi connectivity index (χ1) is 9.42. The first kappa shape index (κ1) is 14.0. The largest absolute Gasteiger partial charge is 0.618 e. The number of pyridine rings is 1. The second kappa shape index (κ2) is 5.31. The fraction of sp³-hybridized carbons (Fsp3) is 0.143. The molecule has 0 aliphatic heterocycles. The molecule has 0 aliphatic carbocycles. The number of benzene rings is 1. The van der Waals surface area contributed by atoms with Crippen LogP contribution in [0.4, 0.5) is 0 Å². The van der Waals surface area contributed by atoms with Crippen molar-refractivity contribution in [2.24, 2.45) is 0 Å². The van der Waals surface area contributed by atoms with Gasteiger partial charge in [-0.2, -0.15) is 9.99 Å². The van der Waals surface area contributed by atoms with E-state index in [1.165, 1.54) is 18.3 Å². The van der Waals surface area contributed by atoms with Crippen molar-refractivity contribution in [2.75, 3.05) is 0 Å². The quantitative estimate of drug-likeness (QED) is 0.632. The summed E-state index contributed by atoms with van der Waals surface area (Å²) in [6.45, 7) is 1.72. The average molecular weight is 288 g/mol. The number of nitrogens with zero attached hydrogens (tertiary/aromatic N) is 2. The summed E-state index contributed by atoms with van der Waals surface area (Å²) >= 11 is 0. The molecular formula is C14H12N2O3S. The fourth-order valence-corrected chi connectivity index (χ4v) is 3.28. The van der Waals surface area contributed by atoms with E-state index < -0.39 is 9.84 Å². The lowest BCUT2D eigenvalue weighted by molar-refractivity contribution is -0.646. The van der Waals surface area contributed by atoms with Crippen LogP contribution in [-0.4, -0.2) is 8.42 Å². The van der Waals surface area contributed by atoms with Crippen LogP contribution < -0.4 is 4.73 Å². The summed E-state index contributed by atoms with van der Waals surface area (Å²) < 4.78 is 24.9. The Hall–Kier alpha value is -2.39. The van der Waals surface area contributed by atoms with E-state index in [9.17, 15) is 13.6 Å². The highest BCUT2D eigenvalue weighted by molar-refractivity contribution is 7.90. The van der Waals surface area contributed by atoms with E-state index >= 15 is 0 Å². The maximum Gasteiger partial charge on any atom is 0.309 e. The number of hydrogen-bond donors (Lipinski definition) is 0. The highest BCUT2D eigenvalue weighted by Gasteiger charge is 2.24. The molecule has 20 heavy (non-hydrogen) atoms. The fourth-order valence-electron chi connectivity index (χ4n) is 1.82. The van der Waals surface area contributed by atoms with Gasteiger partial charge in [-0.15, -0.1) is 0 Å². The lowest BCUT2D eigenvalue weighted by atomic mass is 10.2. The lowest BCUT2D eigenvalue weighted by Crippen LogP contribution is -2.34. The molecule has 0 radical (unpaired) electrons. The second-order valence-corrected chi connectivity index (χ2v) is 6.38. The van der Waals surface area contributed by atoms with Crippen LogP contribution in [0.15, 0.2) is 47.6 Å². The molecule has 1 aromatic carbocycles. The van der Waals surface area contributed by atoms with Gasteiger partial charge in [-0.1, -0.05) is 12.1 Å². The number of nitriles is 1. The van der Waals surface area contributed by atoms with Gasteiger partial charge in [0.25, 0.3) is 0 Å². The van der Waals surface area contributed by atoms with Gasteiger partial charge in [0.1, 0.15) is 0 Å². The molecule has 0 fully saturated rings. The maximum atomic E-state index is 12.3. The molecule has 0 unspecified atom stereocenters. The van der Waals surface area contributed by atoms with Crippen molar-refractivity contribution < 1.29 is 13.1 Å². The Morgan fingerprint density at radius 2 is 2.05 bits per heavy atom. The SMILES string of the molecule is Cc1cc[n+]([O-])c(S(=O)(=O)Cc2cccc(C#N)c2)c1. The van der Waals surface area contributed by atoms with E-state index in [2.05, 4.69) is 0 Å². The van der Waals surface area contributed by atoms with Crippen molar-refractivity contribution in [3.8, 4) is 6.07 Å². The Kier molecular flexibility index (Phi) is 3.72. The lowest BCUT2D eigenvalue weighted by Gasteiger charge is -2.06. The highest BCUT2D eigenvalue weighted by atomic mass is 32.2. The zero-order valence-electron chi connectivity index (χ0n) is 10.8. The zero-order valence-corrected chi connectivity index (χ0v) is 11.6. The molecule has 6 heteroatoms. The summed E-state index contributed by atoms with van der Waals surface area (Å²) in [6.07, 6.45) is 1.17. The summed E-state index contributed by atoms with van der Waals surface area (Å²) in [5.41, 5.74) is 1.56. The maximum absolute atomic E-state index is 12.3. The van der Waals surface area contributed by atoms with Crippen LogP contribution in [0.2, 0.25) is 0 Å². The van der Waals surface area contributed by atoms with Crippen molar-refractivity contribution in [2.45, 2.75) is 17.7 Å². The average Bonchev–Trinajstić information content (AvgIpc) is 2.41. The zero-order chi connectivity index (χ0) is 14.8. The van der Waals surface area contributed by atoms with Gasteiger partial charge in [0.15, 0.2) is 6.20 Å². The van der Waals surface area contributed by atoms with Crippen LogP contribution in [0.1, 0.15) is 16.7 Å². The molecule has 2 aromatic rings. The van der Waals surface area contributed by atoms with E-state index in [0.717, 1.165) is 0 Å². The van der Waals surface area contributed by atoms with Crippen LogP contribution in [0.3, 0.4) is 0 Å². The van der Waals surface area contributed by atoms with E-state index in [4.69, 9.17) is 5.26 Å². The Balaban J connectivity index is 2.41. The summed E-state index contributed by atoms with van der Waals surface area (Å²) in [7, 11) is -3.75. The molecule has 0 bridgehead atoms. The molecule has 0 saturated heterocycles. The third-order valence-electron chi connectivity index (χ3n) is 2.77. The molecule has 0 N–H and O–H groups in total. The van der Waals surface area contributed by atoms with E-state index in [1.54, 1.807) is 31.2 Å². The number of aryl methyl sites for hydroxylation is 1. The molecular weight excluding hydrogens is 276 g/mol. The van der Waals surface area contributed by atoms with Crippen LogP contribution >= 0.6 is 0 Å². The first-order valence-electron chi connectivity index (χ1n) is 5.84. The van der Waals surface area contributed by atoms with Gasteiger partial charge in [-0.3, -0.25) is 0 Å². The number of rotatable bonds is 3. The monoisotopic (exact) mass is 288 g/mol. The third kappa shape index (κ3) is 2.95. The van der Waals surface area contributed by atoms with Gasteiger partial charge in [-0.25, -0.2) is 8.42 Å². The summed E-state index contributed by atoms with van der Waals surface area (Å²) in [5.74, 6) is -0.311. The summed E-state index contributed by atoms with van der Waals surface area (Å²) in [6, 6.07) is 11.2. The van der Waals surface area contributed by atoms with Gasteiger partial charge < -0.3 is 5.21 Å². The summed E-state index contributed by atoms with van der Waals surface area (Å²) in [4.78, 5) is 0. The van der Waals surface area contributed by atoms with Crippen molar-refractivity contribution >= 4 is 9.84 Å². The summed E-state index contributed by atoms with van der Waals surface area (Å²) in [5, 5.41) is 20.1. The molecule has 0 saturated carbocycles. The topological polar surface area (TPSA) is 84.9 Å². The molecule has 0 aliphatic rings. The van der Waals surface area contributed by atoms with Crippen LogP contribution in [0.5, 0.6) is 0 Å². The molecule has 0 atom stereocenters.